The van der Waals surface area contributed by atoms with Crippen molar-refractivity contribution in [1.82, 2.24) is 15.1 Å². The summed E-state index contributed by atoms with van der Waals surface area (Å²) in [5.41, 5.74) is 1.32. The molecular formula is C13H23N3S. The lowest BCUT2D eigenvalue weighted by atomic mass is 9.95. The van der Waals surface area contributed by atoms with Crippen molar-refractivity contribution in [2.75, 3.05) is 12.8 Å². The molecule has 0 saturated heterocycles. The summed E-state index contributed by atoms with van der Waals surface area (Å²) in [5, 5.41) is 8.78. The smallest absolute Gasteiger partial charge is 0.0492 e. The van der Waals surface area contributed by atoms with E-state index < -0.39 is 0 Å². The minimum absolute atomic E-state index is 0.742. The monoisotopic (exact) mass is 253 g/mol. The van der Waals surface area contributed by atoms with Crippen molar-refractivity contribution in [2.45, 2.75) is 43.4 Å². The van der Waals surface area contributed by atoms with Crippen molar-refractivity contribution < 1.29 is 0 Å². The molecule has 2 rings (SSSR count). The Balaban J connectivity index is 1.65. The van der Waals surface area contributed by atoms with Gasteiger partial charge in [0.2, 0.25) is 0 Å². The predicted octanol–water partition coefficient (Wildman–Crippen LogP) is 2.23. The number of nitrogens with zero attached hydrogens (tertiary/aromatic N) is 2. The van der Waals surface area contributed by atoms with Crippen molar-refractivity contribution >= 4 is 11.8 Å². The van der Waals surface area contributed by atoms with E-state index in [4.69, 9.17) is 0 Å². The molecule has 1 heterocycles. The Labute approximate surface area is 108 Å². The highest BCUT2D eigenvalue weighted by Gasteiger charge is 2.19. The van der Waals surface area contributed by atoms with Crippen LogP contribution < -0.4 is 5.32 Å². The van der Waals surface area contributed by atoms with Gasteiger partial charge >= 0.3 is 0 Å². The van der Waals surface area contributed by atoms with Gasteiger partial charge in [-0.15, -0.1) is 0 Å². The zero-order chi connectivity index (χ0) is 12.1. The highest BCUT2D eigenvalue weighted by Crippen LogP contribution is 2.26. The third-order valence-corrected chi connectivity index (χ3v) is 4.88. The van der Waals surface area contributed by atoms with Crippen molar-refractivity contribution in [3.8, 4) is 0 Å². The molecule has 4 heteroatoms. The van der Waals surface area contributed by atoms with Gasteiger partial charge in [-0.05, 0) is 38.0 Å². The normalized spacial score (nSPS) is 25.1. The SMILES string of the molecule is CSC1CCC(NCCc2ccnn2C)CC1. The lowest BCUT2D eigenvalue weighted by Gasteiger charge is -2.28. The minimum Gasteiger partial charge on any atom is -0.314 e. The molecule has 1 aromatic rings. The van der Waals surface area contributed by atoms with Crippen LogP contribution >= 0.6 is 11.8 Å². The number of hydrogen-bond acceptors (Lipinski definition) is 3. The van der Waals surface area contributed by atoms with Crippen molar-refractivity contribution in [3.05, 3.63) is 18.0 Å². The summed E-state index contributed by atoms with van der Waals surface area (Å²) in [6.07, 6.45) is 10.6. The highest BCUT2D eigenvalue weighted by molar-refractivity contribution is 7.99. The number of thioether (sulfide) groups is 1. The van der Waals surface area contributed by atoms with E-state index in [1.54, 1.807) is 0 Å². The summed E-state index contributed by atoms with van der Waals surface area (Å²) in [7, 11) is 2.01. The fourth-order valence-corrected chi connectivity index (χ4v) is 3.30. The Kier molecular flexibility index (Phi) is 4.92. The van der Waals surface area contributed by atoms with Crippen LogP contribution in [0, 0.1) is 0 Å². The van der Waals surface area contributed by atoms with E-state index in [1.165, 1.54) is 31.4 Å². The van der Waals surface area contributed by atoms with Crippen LogP contribution in [0.5, 0.6) is 0 Å². The maximum Gasteiger partial charge on any atom is 0.0492 e. The molecular weight excluding hydrogens is 230 g/mol. The zero-order valence-electron chi connectivity index (χ0n) is 10.9. The first-order valence-electron chi connectivity index (χ1n) is 6.52. The van der Waals surface area contributed by atoms with Gasteiger partial charge in [-0.2, -0.15) is 16.9 Å². The second-order valence-corrected chi connectivity index (χ2v) is 6.00. The average Bonchev–Trinajstić information content (AvgIpc) is 2.76. The van der Waals surface area contributed by atoms with Crippen LogP contribution in [0.25, 0.3) is 0 Å². The maximum atomic E-state index is 4.19. The molecule has 0 bridgehead atoms. The fraction of sp³-hybridized carbons (Fsp3) is 0.769. The predicted molar refractivity (Wildman–Crippen MR) is 74.5 cm³/mol. The first kappa shape index (κ1) is 13.0. The Morgan fingerprint density at radius 1 is 1.41 bits per heavy atom. The van der Waals surface area contributed by atoms with Crippen LogP contribution in [-0.2, 0) is 13.5 Å². The summed E-state index contributed by atoms with van der Waals surface area (Å²) < 4.78 is 1.96. The van der Waals surface area contributed by atoms with Gasteiger partial charge in [-0.3, -0.25) is 4.68 Å². The number of aryl methyl sites for hydroxylation is 1. The van der Waals surface area contributed by atoms with Crippen molar-refractivity contribution in [2.24, 2.45) is 7.05 Å². The van der Waals surface area contributed by atoms with E-state index in [9.17, 15) is 0 Å². The minimum atomic E-state index is 0.742. The molecule has 3 nitrogen and oxygen atoms in total. The van der Waals surface area contributed by atoms with Gasteiger partial charge in [0.15, 0.2) is 0 Å². The molecule has 1 aliphatic carbocycles. The second kappa shape index (κ2) is 6.45. The van der Waals surface area contributed by atoms with Gasteiger partial charge in [-0.1, -0.05) is 0 Å². The Hall–Kier alpha value is -0.480. The number of rotatable bonds is 5. The molecule has 96 valence electrons. The van der Waals surface area contributed by atoms with Crippen LogP contribution in [0.3, 0.4) is 0 Å². The number of nitrogens with one attached hydrogen (secondary N) is 1. The van der Waals surface area contributed by atoms with Crippen LogP contribution in [-0.4, -0.2) is 33.9 Å². The lowest BCUT2D eigenvalue weighted by molar-refractivity contribution is 0.381. The van der Waals surface area contributed by atoms with E-state index in [0.29, 0.717) is 0 Å². The van der Waals surface area contributed by atoms with Crippen LogP contribution in [0.1, 0.15) is 31.4 Å². The first-order valence-corrected chi connectivity index (χ1v) is 7.81. The van der Waals surface area contributed by atoms with E-state index in [2.05, 4.69) is 22.7 Å². The van der Waals surface area contributed by atoms with Gasteiger partial charge in [0.1, 0.15) is 0 Å². The molecule has 0 amide bonds. The van der Waals surface area contributed by atoms with E-state index in [0.717, 1.165) is 24.3 Å². The molecule has 1 saturated carbocycles. The Morgan fingerprint density at radius 3 is 2.76 bits per heavy atom. The fourth-order valence-electron chi connectivity index (χ4n) is 2.55. The van der Waals surface area contributed by atoms with Gasteiger partial charge in [-0.25, -0.2) is 0 Å². The summed E-state index contributed by atoms with van der Waals surface area (Å²) >= 11 is 2.03. The van der Waals surface area contributed by atoms with Crippen LogP contribution in [0.4, 0.5) is 0 Å². The number of aromatic nitrogens is 2. The quantitative estimate of drug-likeness (QED) is 0.872. The largest absolute Gasteiger partial charge is 0.314 e. The van der Waals surface area contributed by atoms with Gasteiger partial charge < -0.3 is 5.32 Å². The second-order valence-electron chi connectivity index (χ2n) is 4.86. The first-order chi connectivity index (χ1) is 8.29. The molecule has 1 N–H and O–H groups in total. The highest BCUT2D eigenvalue weighted by atomic mass is 32.2. The maximum absolute atomic E-state index is 4.19. The van der Waals surface area contributed by atoms with E-state index in [1.807, 2.05) is 29.7 Å². The topological polar surface area (TPSA) is 29.9 Å². The molecule has 0 aliphatic heterocycles. The van der Waals surface area contributed by atoms with Gasteiger partial charge in [0.25, 0.3) is 0 Å². The molecule has 0 aromatic carbocycles. The molecule has 1 aliphatic rings. The Morgan fingerprint density at radius 2 is 2.18 bits per heavy atom. The van der Waals surface area contributed by atoms with Crippen molar-refractivity contribution in [1.29, 1.82) is 0 Å². The molecule has 17 heavy (non-hydrogen) atoms. The lowest BCUT2D eigenvalue weighted by Crippen LogP contribution is -2.35. The van der Waals surface area contributed by atoms with Gasteiger partial charge in [0, 0.05) is 43.2 Å². The molecule has 1 fully saturated rings. The molecule has 0 unspecified atom stereocenters. The third-order valence-electron chi connectivity index (χ3n) is 3.74. The van der Waals surface area contributed by atoms with Gasteiger partial charge in [0.05, 0.1) is 0 Å². The molecule has 1 aromatic heterocycles. The molecule has 0 spiro atoms. The summed E-state index contributed by atoms with van der Waals surface area (Å²) in [6.45, 7) is 1.08. The summed E-state index contributed by atoms with van der Waals surface area (Å²) in [4.78, 5) is 0. The van der Waals surface area contributed by atoms with Crippen molar-refractivity contribution in [3.63, 3.8) is 0 Å². The standard InChI is InChI=1S/C13H23N3S/c1-16-12(8-10-15-16)7-9-14-11-3-5-13(17-2)6-4-11/h8,10-11,13-14H,3-7,9H2,1-2H3. The number of hydrogen-bond donors (Lipinski definition) is 1. The average molecular weight is 253 g/mol. The molecule has 0 radical (unpaired) electrons. The third kappa shape index (κ3) is 3.75. The zero-order valence-corrected chi connectivity index (χ0v) is 11.7. The van der Waals surface area contributed by atoms with Crippen LogP contribution in [0.2, 0.25) is 0 Å². The summed E-state index contributed by atoms with van der Waals surface area (Å²) in [5.74, 6) is 0. The van der Waals surface area contributed by atoms with E-state index >= 15 is 0 Å². The van der Waals surface area contributed by atoms with Crippen LogP contribution in [0.15, 0.2) is 12.3 Å². The van der Waals surface area contributed by atoms with E-state index in [-0.39, 0.29) is 0 Å². The molecule has 0 atom stereocenters. The summed E-state index contributed by atoms with van der Waals surface area (Å²) in [6, 6.07) is 2.85. The Bertz CT molecular complexity index is 329.